The van der Waals surface area contributed by atoms with Crippen LogP contribution >= 0.6 is 12.4 Å². The lowest BCUT2D eigenvalue weighted by Crippen LogP contribution is -2.49. The van der Waals surface area contributed by atoms with Crippen LogP contribution in [0.4, 0.5) is 5.69 Å². The summed E-state index contributed by atoms with van der Waals surface area (Å²) in [6, 6.07) is 7.62. The van der Waals surface area contributed by atoms with Gasteiger partial charge in [0.25, 0.3) is 0 Å². The van der Waals surface area contributed by atoms with E-state index in [4.69, 9.17) is 0 Å². The van der Waals surface area contributed by atoms with E-state index < -0.39 is 0 Å². The molecule has 1 heterocycles. The van der Waals surface area contributed by atoms with E-state index in [0.29, 0.717) is 24.8 Å². The van der Waals surface area contributed by atoms with Crippen LogP contribution in [-0.2, 0) is 16.1 Å². The molecule has 134 valence electrons. The number of carbonyl (C=O) groups excluding carboxylic acids is 2. The summed E-state index contributed by atoms with van der Waals surface area (Å²) in [5.41, 5.74) is 1.76. The average molecular weight is 354 g/mol. The lowest BCUT2D eigenvalue weighted by atomic mass is 9.88. The van der Waals surface area contributed by atoms with Gasteiger partial charge in [0.05, 0.1) is 0 Å². The molecule has 3 N–H and O–H groups in total. The Morgan fingerprint density at radius 1 is 1.25 bits per heavy atom. The topological polar surface area (TPSA) is 70.2 Å². The van der Waals surface area contributed by atoms with Crippen molar-refractivity contribution in [2.24, 2.45) is 17.8 Å². The van der Waals surface area contributed by atoms with Crippen molar-refractivity contribution < 1.29 is 9.59 Å². The number of benzene rings is 1. The Kier molecular flexibility index (Phi) is 8.22. The molecule has 1 atom stereocenters. The van der Waals surface area contributed by atoms with Crippen LogP contribution < -0.4 is 16.0 Å². The zero-order chi connectivity index (χ0) is 16.8. The van der Waals surface area contributed by atoms with Crippen molar-refractivity contribution in [3.05, 3.63) is 29.8 Å². The molecule has 6 heteroatoms. The van der Waals surface area contributed by atoms with E-state index in [1.165, 1.54) is 0 Å². The predicted octanol–water partition coefficient (Wildman–Crippen LogP) is 2.56. The summed E-state index contributed by atoms with van der Waals surface area (Å²) in [4.78, 5) is 23.9. The number of rotatable bonds is 7. The summed E-state index contributed by atoms with van der Waals surface area (Å²) in [6.45, 7) is 8.34. The first-order valence-corrected chi connectivity index (χ1v) is 8.33. The van der Waals surface area contributed by atoms with Crippen LogP contribution in [-0.4, -0.2) is 24.9 Å². The minimum Gasteiger partial charge on any atom is -0.352 e. The van der Waals surface area contributed by atoms with Gasteiger partial charge in [-0.25, -0.2) is 0 Å². The van der Waals surface area contributed by atoms with E-state index in [9.17, 15) is 9.59 Å². The molecular formula is C18H28ClN3O2. The van der Waals surface area contributed by atoms with Crippen LogP contribution in [0.3, 0.4) is 0 Å². The van der Waals surface area contributed by atoms with Crippen molar-refractivity contribution in [3.8, 4) is 0 Å². The first-order valence-electron chi connectivity index (χ1n) is 8.33. The number of anilines is 1. The highest BCUT2D eigenvalue weighted by atomic mass is 35.5. The van der Waals surface area contributed by atoms with E-state index in [1.807, 2.05) is 45.0 Å². The van der Waals surface area contributed by atoms with Crippen LogP contribution in [0.2, 0.25) is 0 Å². The molecular weight excluding hydrogens is 326 g/mol. The molecule has 1 aliphatic rings. The standard InChI is InChI=1S/C18H27N3O2.ClH/c1-12(2)7-17(22)21-16-6-4-5-14(8-16)9-20-18(23)13(3)15-10-19-11-15;/h4-6,8,12-13,15,19H,7,9-11H2,1-3H3,(H,20,23)(H,21,22);1H. The second-order valence-electron chi connectivity index (χ2n) is 6.77. The van der Waals surface area contributed by atoms with Crippen molar-refractivity contribution >= 4 is 29.9 Å². The van der Waals surface area contributed by atoms with Crippen molar-refractivity contribution in [3.63, 3.8) is 0 Å². The molecule has 2 rings (SSSR count). The van der Waals surface area contributed by atoms with Gasteiger partial charge in [-0.05, 0) is 42.6 Å². The lowest BCUT2D eigenvalue weighted by Gasteiger charge is -2.31. The third-order valence-corrected chi connectivity index (χ3v) is 4.20. The fourth-order valence-electron chi connectivity index (χ4n) is 2.57. The van der Waals surface area contributed by atoms with E-state index in [0.717, 1.165) is 24.3 Å². The summed E-state index contributed by atoms with van der Waals surface area (Å²) in [5.74, 6) is 0.917. The first-order chi connectivity index (χ1) is 11.0. The molecule has 1 aromatic rings. The predicted molar refractivity (Wildman–Crippen MR) is 99.1 cm³/mol. The van der Waals surface area contributed by atoms with Gasteiger partial charge < -0.3 is 16.0 Å². The van der Waals surface area contributed by atoms with Gasteiger partial charge in [0.15, 0.2) is 0 Å². The highest BCUT2D eigenvalue weighted by molar-refractivity contribution is 5.90. The van der Waals surface area contributed by atoms with Crippen molar-refractivity contribution in [2.75, 3.05) is 18.4 Å². The second-order valence-corrected chi connectivity index (χ2v) is 6.77. The van der Waals surface area contributed by atoms with Crippen LogP contribution in [0, 0.1) is 17.8 Å². The number of nitrogens with one attached hydrogen (secondary N) is 3. The monoisotopic (exact) mass is 353 g/mol. The minimum atomic E-state index is 0. The molecule has 0 bridgehead atoms. The van der Waals surface area contributed by atoms with Gasteiger partial charge in [-0.3, -0.25) is 9.59 Å². The third-order valence-electron chi connectivity index (χ3n) is 4.20. The van der Waals surface area contributed by atoms with Crippen LogP contribution in [0.15, 0.2) is 24.3 Å². The fourth-order valence-corrected chi connectivity index (χ4v) is 2.57. The van der Waals surface area contributed by atoms with E-state index in [2.05, 4.69) is 16.0 Å². The number of hydrogen-bond donors (Lipinski definition) is 3. The summed E-state index contributed by atoms with van der Waals surface area (Å²) < 4.78 is 0. The number of hydrogen-bond acceptors (Lipinski definition) is 3. The zero-order valence-corrected chi connectivity index (χ0v) is 15.4. The van der Waals surface area contributed by atoms with Gasteiger partial charge in [-0.1, -0.05) is 32.9 Å². The van der Waals surface area contributed by atoms with E-state index in [1.54, 1.807) is 0 Å². The molecule has 0 aliphatic carbocycles. The van der Waals surface area contributed by atoms with E-state index in [-0.39, 0.29) is 30.1 Å². The summed E-state index contributed by atoms with van der Waals surface area (Å²) in [6.07, 6.45) is 0.508. The Balaban J connectivity index is 0.00000288. The Labute approximate surface area is 150 Å². The number of halogens is 1. The highest BCUT2D eigenvalue weighted by Crippen LogP contribution is 2.16. The maximum atomic E-state index is 12.1. The molecule has 1 unspecified atom stereocenters. The SMILES string of the molecule is CC(C)CC(=O)Nc1cccc(CNC(=O)C(C)C2CNC2)c1.Cl. The zero-order valence-electron chi connectivity index (χ0n) is 14.6. The lowest BCUT2D eigenvalue weighted by molar-refractivity contribution is -0.126. The molecule has 0 saturated carbocycles. The summed E-state index contributed by atoms with van der Waals surface area (Å²) in [5, 5.41) is 9.07. The molecule has 1 saturated heterocycles. The number of carbonyl (C=O) groups is 2. The van der Waals surface area contributed by atoms with Crippen LogP contribution in [0.25, 0.3) is 0 Å². The second kappa shape index (κ2) is 9.64. The number of amides is 2. The Morgan fingerprint density at radius 3 is 2.54 bits per heavy atom. The smallest absolute Gasteiger partial charge is 0.224 e. The summed E-state index contributed by atoms with van der Waals surface area (Å²) >= 11 is 0. The van der Waals surface area contributed by atoms with Gasteiger partial charge in [0.2, 0.25) is 11.8 Å². The average Bonchev–Trinajstić information content (AvgIpc) is 2.42. The van der Waals surface area contributed by atoms with E-state index >= 15 is 0 Å². The molecule has 1 fully saturated rings. The Bertz CT molecular complexity index is 559. The van der Waals surface area contributed by atoms with Crippen LogP contribution in [0.1, 0.15) is 32.8 Å². The quantitative estimate of drug-likeness (QED) is 0.705. The van der Waals surface area contributed by atoms with Gasteiger partial charge in [0.1, 0.15) is 0 Å². The molecule has 1 aromatic carbocycles. The van der Waals surface area contributed by atoms with Crippen LogP contribution in [0.5, 0.6) is 0 Å². The van der Waals surface area contributed by atoms with Gasteiger partial charge in [0, 0.05) is 24.6 Å². The highest BCUT2D eigenvalue weighted by Gasteiger charge is 2.28. The summed E-state index contributed by atoms with van der Waals surface area (Å²) in [7, 11) is 0. The van der Waals surface area contributed by atoms with Crippen molar-refractivity contribution in [2.45, 2.75) is 33.7 Å². The molecule has 0 aromatic heterocycles. The Hall–Kier alpha value is -1.59. The largest absolute Gasteiger partial charge is 0.352 e. The molecule has 5 nitrogen and oxygen atoms in total. The normalized spacial score (nSPS) is 15.2. The molecule has 0 radical (unpaired) electrons. The van der Waals surface area contributed by atoms with Crippen molar-refractivity contribution in [1.29, 1.82) is 0 Å². The van der Waals surface area contributed by atoms with Gasteiger partial charge in [-0.15, -0.1) is 12.4 Å². The van der Waals surface area contributed by atoms with Gasteiger partial charge >= 0.3 is 0 Å². The third kappa shape index (κ3) is 6.13. The fraction of sp³-hybridized carbons (Fsp3) is 0.556. The minimum absolute atomic E-state index is 0. The Morgan fingerprint density at radius 2 is 1.96 bits per heavy atom. The van der Waals surface area contributed by atoms with Gasteiger partial charge in [-0.2, -0.15) is 0 Å². The first kappa shape index (κ1) is 20.5. The molecule has 24 heavy (non-hydrogen) atoms. The molecule has 2 amide bonds. The maximum Gasteiger partial charge on any atom is 0.224 e. The van der Waals surface area contributed by atoms with Crippen molar-refractivity contribution in [1.82, 2.24) is 10.6 Å². The molecule has 0 spiro atoms. The molecule has 1 aliphatic heterocycles. The maximum absolute atomic E-state index is 12.1.